The smallest absolute Gasteiger partial charge is 0.409 e. The number of nitrogens with one attached hydrogen (secondary N) is 1. The van der Waals surface area contributed by atoms with Crippen LogP contribution in [0.25, 0.3) is 0 Å². The van der Waals surface area contributed by atoms with E-state index in [0.29, 0.717) is 30.7 Å². The third-order valence-electron chi connectivity index (χ3n) is 5.14. The number of hydrogen-bond acceptors (Lipinski definition) is 4. The Kier molecular flexibility index (Phi) is 7.15. The summed E-state index contributed by atoms with van der Waals surface area (Å²) in [5, 5.41) is 3.85. The van der Waals surface area contributed by atoms with E-state index in [0.717, 1.165) is 25.9 Å². The van der Waals surface area contributed by atoms with Gasteiger partial charge in [-0.15, -0.1) is 0 Å². The second-order valence-electron chi connectivity index (χ2n) is 7.88. The Balaban J connectivity index is 1.69. The van der Waals surface area contributed by atoms with Crippen LogP contribution < -0.4 is 5.32 Å². The fourth-order valence-electron chi connectivity index (χ4n) is 3.68. The minimum atomic E-state index is -0.137. The van der Waals surface area contributed by atoms with E-state index in [4.69, 9.17) is 4.74 Å². The van der Waals surface area contributed by atoms with Crippen molar-refractivity contribution in [3.63, 3.8) is 0 Å². The highest BCUT2D eigenvalue weighted by Gasteiger charge is 2.28. The van der Waals surface area contributed by atoms with E-state index in [9.17, 15) is 4.79 Å². The van der Waals surface area contributed by atoms with E-state index in [1.807, 2.05) is 4.90 Å². The molecule has 1 heterocycles. The Morgan fingerprint density at radius 1 is 1.17 bits per heavy atom. The van der Waals surface area contributed by atoms with Gasteiger partial charge in [0.1, 0.15) is 0 Å². The third kappa shape index (κ3) is 5.96. The maximum absolute atomic E-state index is 12.0. The van der Waals surface area contributed by atoms with Gasteiger partial charge in [0, 0.05) is 31.2 Å². The van der Waals surface area contributed by atoms with Crippen LogP contribution in [0.2, 0.25) is 0 Å². The van der Waals surface area contributed by atoms with Crippen molar-refractivity contribution in [2.45, 2.75) is 70.5 Å². The molecule has 2 rings (SSSR count). The second-order valence-corrected chi connectivity index (χ2v) is 7.88. The molecule has 1 amide bonds. The molecule has 0 aromatic rings. The summed E-state index contributed by atoms with van der Waals surface area (Å²) in [4.78, 5) is 16.2. The number of piperidine rings is 1. The largest absolute Gasteiger partial charge is 0.449 e. The van der Waals surface area contributed by atoms with Gasteiger partial charge in [0.15, 0.2) is 0 Å². The normalized spacial score (nSPS) is 26.8. The number of carbonyl (C=O) groups is 1. The molecular formula is C18H35N3O2. The predicted octanol–water partition coefficient (Wildman–Crippen LogP) is 2.71. The van der Waals surface area contributed by atoms with Crippen LogP contribution in [0, 0.1) is 5.92 Å². The minimum Gasteiger partial charge on any atom is -0.449 e. The van der Waals surface area contributed by atoms with Gasteiger partial charge in [0.2, 0.25) is 0 Å². The summed E-state index contributed by atoms with van der Waals surface area (Å²) in [6.07, 6.45) is 7.14. The first-order chi connectivity index (χ1) is 11.0. The second kappa shape index (κ2) is 8.88. The Morgan fingerprint density at radius 2 is 1.87 bits per heavy atom. The van der Waals surface area contributed by atoms with E-state index in [1.54, 1.807) is 0 Å². The van der Waals surface area contributed by atoms with Crippen molar-refractivity contribution < 1.29 is 9.53 Å². The molecule has 134 valence electrons. The van der Waals surface area contributed by atoms with E-state index >= 15 is 0 Å². The molecule has 1 N–H and O–H groups in total. The summed E-state index contributed by atoms with van der Waals surface area (Å²) >= 11 is 0. The van der Waals surface area contributed by atoms with Crippen LogP contribution in [-0.4, -0.2) is 67.8 Å². The summed E-state index contributed by atoms with van der Waals surface area (Å²) < 4.78 is 5.33. The van der Waals surface area contributed by atoms with Gasteiger partial charge in [-0.2, -0.15) is 0 Å². The highest BCUT2D eigenvalue weighted by Crippen LogP contribution is 2.23. The maximum Gasteiger partial charge on any atom is 0.409 e. The van der Waals surface area contributed by atoms with E-state index in [1.165, 1.54) is 25.7 Å². The molecule has 2 atom stereocenters. The van der Waals surface area contributed by atoms with Crippen LogP contribution in [0.4, 0.5) is 4.79 Å². The molecule has 0 aromatic carbocycles. The molecule has 1 saturated carbocycles. The van der Waals surface area contributed by atoms with Gasteiger partial charge in [-0.1, -0.05) is 20.3 Å². The lowest BCUT2D eigenvalue weighted by Crippen LogP contribution is -2.50. The summed E-state index contributed by atoms with van der Waals surface area (Å²) in [5.74, 6) is 0.397. The Bertz CT molecular complexity index is 365. The summed E-state index contributed by atoms with van der Waals surface area (Å²) in [5.41, 5.74) is 0. The van der Waals surface area contributed by atoms with Gasteiger partial charge in [-0.05, 0) is 52.1 Å². The lowest BCUT2D eigenvalue weighted by molar-refractivity contribution is 0.0799. The van der Waals surface area contributed by atoms with Crippen molar-refractivity contribution >= 4 is 6.09 Å². The zero-order valence-electron chi connectivity index (χ0n) is 15.4. The Morgan fingerprint density at radius 3 is 2.48 bits per heavy atom. The van der Waals surface area contributed by atoms with Crippen molar-refractivity contribution in [3.8, 4) is 0 Å². The molecule has 0 radical (unpaired) electrons. The quantitative estimate of drug-likeness (QED) is 0.844. The molecule has 2 fully saturated rings. The van der Waals surface area contributed by atoms with Gasteiger partial charge in [-0.25, -0.2) is 4.79 Å². The Hall–Kier alpha value is -0.810. The van der Waals surface area contributed by atoms with E-state index in [2.05, 4.69) is 38.2 Å². The number of ether oxygens (including phenoxy) is 1. The lowest BCUT2D eigenvalue weighted by Gasteiger charge is -2.38. The molecule has 0 bridgehead atoms. The number of rotatable bonds is 5. The highest BCUT2D eigenvalue weighted by atomic mass is 16.6. The Labute approximate surface area is 141 Å². The molecular weight excluding hydrogens is 290 g/mol. The maximum atomic E-state index is 12.0. The molecule has 1 aliphatic heterocycles. The monoisotopic (exact) mass is 325 g/mol. The van der Waals surface area contributed by atoms with Crippen LogP contribution >= 0.6 is 0 Å². The van der Waals surface area contributed by atoms with Crippen LogP contribution in [0.15, 0.2) is 0 Å². The lowest BCUT2D eigenvalue weighted by atomic mass is 9.89. The fraction of sp³-hybridized carbons (Fsp3) is 0.944. The molecule has 0 aromatic heterocycles. The van der Waals surface area contributed by atoms with Crippen molar-refractivity contribution in [2.24, 2.45) is 5.92 Å². The van der Waals surface area contributed by atoms with E-state index in [-0.39, 0.29) is 6.09 Å². The van der Waals surface area contributed by atoms with Crippen LogP contribution in [0.5, 0.6) is 0 Å². The van der Waals surface area contributed by atoms with Gasteiger partial charge in [0.05, 0.1) is 6.61 Å². The van der Waals surface area contributed by atoms with Gasteiger partial charge < -0.3 is 19.9 Å². The number of amides is 1. The van der Waals surface area contributed by atoms with Gasteiger partial charge >= 0.3 is 6.09 Å². The zero-order valence-corrected chi connectivity index (χ0v) is 15.4. The molecule has 0 spiro atoms. The van der Waals surface area contributed by atoms with Crippen molar-refractivity contribution in [3.05, 3.63) is 0 Å². The van der Waals surface area contributed by atoms with Crippen LogP contribution in [0.1, 0.15) is 52.4 Å². The van der Waals surface area contributed by atoms with Crippen molar-refractivity contribution in [1.82, 2.24) is 15.1 Å². The van der Waals surface area contributed by atoms with Crippen molar-refractivity contribution in [1.29, 1.82) is 0 Å². The summed E-state index contributed by atoms with van der Waals surface area (Å²) in [7, 11) is 4.38. The number of nitrogens with zero attached hydrogens (tertiary/aromatic N) is 2. The molecule has 5 nitrogen and oxygen atoms in total. The summed E-state index contributed by atoms with van der Waals surface area (Å²) in [6.45, 7) is 6.28. The first-order valence-corrected chi connectivity index (χ1v) is 9.30. The van der Waals surface area contributed by atoms with Gasteiger partial charge in [-0.3, -0.25) is 0 Å². The zero-order chi connectivity index (χ0) is 16.8. The topological polar surface area (TPSA) is 44.8 Å². The highest BCUT2D eigenvalue weighted by molar-refractivity contribution is 5.67. The minimum absolute atomic E-state index is 0.137. The molecule has 1 saturated heterocycles. The van der Waals surface area contributed by atoms with E-state index < -0.39 is 0 Å². The van der Waals surface area contributed by atoms with Gasteiger partial charge in [0.25, 0.3) is 0 Å². The molecule has 0 unspecified atom stereocenters. The van der Waals surface area contributed by atoms with Crippen molar-refractivity contribution in [2.75, 3.05) is 33.8 Å². The molecule has 1 aliphatic carbocycles. The molecule has 2 aliphatic rings. The first-order valence-electron chi connectivity index (χ1n) is 9.30. The standard InChI is InChI=1S/C18H35N3O2/c1-14(2)13-23-18(22)21-10-8-15(9-11-21)19-16-6-5-7-17(12-16)20(3)4/h14-17,19H,5-13H2,1-4H3/t16-,17+/m0/s1. The SMILES string of the molecule is CC(C)COC(=O)N1CCC(N[C@H]2CCC[C@@H](N(C)C)C2)CC1. The fourth-order valence-corrected chi connectivity index (χ4v) is 3.68. The molecule has 23 heavy (non-hydrogen) atoms. The average Bonchev–Trinajstić information content (AvgIpc) is 2.53. The van der Waals surface area contributed by atoms with Crippen LogP contribution in [-0.2, 0) is 4.74 Å². The summed E-state index contributed by atoms with van der Waals surface area (Å²) in [6, 6.07) is 1.91. The number of carbonyl (C=O) groups excluding carboxylic acids is 1. The first kappa shape index (κ1) is 18.5. The molecule has 5 heteroatoms. The number of hydrogen-bond donors (Lipinski definition) is 1. The van der Waals surface area contributed by atoms with Crippen LogP contribution in [0.3, 0.4) is 0 Å². The average molecular weight is 325 g/mol. The number of likely N-dealkylation sites (tertiary alicyclic amines) is 1. The predicted molar refractivity (Wildman–Crippen MR) is 93.6 cm³/mol. The third-order valence-corrected chi connectivity index (χ3v) is 5.14.